The maximum absolute atomic E-state index is 13.3. The second-order valence-electron chi connectivity index (χ2n) is 8.57. The van der Waals surface area contributed by atoms with Crippen LogP contribution in [0.5, 0.6) is 17.2 Å². The zero-order chi connectivity index (χ0) is 24.6. The molecule has 0 spiro atoms. The lowest BCUT2D eigenvalue weighted by molar-refractivity contribution is 0.404. The summed E-state index contributed by atoms with van der Waals surface area (Å²) in [6.07, 6.45) is 0.659. The number of benzene rings is 3. The highest BCUT2D eigenvalue weighted by Gasteiger charge is 2.30. The molecular weight excluding hydrogens is 486 g/mol. The lowest BCUT2D eigenvalue weighted by Gasteiger charge is -2.25. The van der Waals surface area contributed by atoms with Crippen LogP contribution in [0.15, 0.2) is 70.6 Å². The van der Waals surface area contributed by atoms with Gasteiger partial charge in [0, 0.05) is 37.3 Å². The molecular formula is C26H26ClN3O4S. The molecule has 5 rings (SSSR count). The van der Waals surface area contributed by atoms with Gasteiger partial charge >= 0.3 is 0 Å². The summed E-state index contributed by atoms with van der Waals surface area (Å²) in [4.78, 5) is 7.34. The molecule has 0 amide bonds. The van der Waals surface area contributed by atoms with E-state index >= 15 is 0 Å². The van der Waals surface area contributed by atoms with E-state index in [2.05, 4.69) is 4.90 Å². The molecule has 182 valence electrons. The van der Waals surface area contributed by atoms with E-state index in [1.54, 1.807) is 25.3 Å². The minimum atomic E-state index is -3.65. The van der Waals surface area contributed by atoms with Gasteiger partial charge in [0.25, 0.3) is 0 Å². The van der Waals surface area contributed by atoms with Gasteiger partial charge in [-0.05, 0) is 61.4 Å². The molecule has 0 unspecified atom stereocenters. The van der Waals surface area contributed by atoms with Gasteiger partial charge in [0.1, 0.15) is 23.0 Å². The van der Waals surface area contributed by atoms with Gasteiger partial charge < -0.3 is 14.4 Å². The lowest BCUT2D eigenvalue weighted by Crippen LogP contribution is -2.37. The molecule has 1 saturated heterocycles. The molecule has 2 aliphatic heterocycles. The quantitative estimate of drug-likeness (QED) is 0.481. The van der Waals surface area contributed by atoms with Crippen LogP contribution in [0.25, 0.3) is 0 Å². The Morgan fingerprint density at radius 2 is 1.83 bits per heavy atom. The molecule has 0 aliphatic carbocycles. The third kappa shape index (κ3) is 4.74. The fraction of sp³-hybridized carbons (Fsp3) is 0.269. The van der Waals surface area contributed by atoms with Crippen LogP contribution >= 0.6 is 11.6 Å². The largest absolute Gasteiger partial charge is 0.497 e. The topological polar surface area (TPSA) is 71.4 Å². The maximum atomic E-state index is 13.3. The van der Waals surface area contributed by atoms with E-state index in [1.807, 2.05) is 43.3 Å². The minimum absolute atomic E-state index is 0.209. The number of sulfonamides is 1. The van der Waals surface area contributed by atoms with Crippen LogP contribution in [0.3, 0.4) is 0 Å². The summed E-state index contributed by atoms with van der Waals surface area (Å²) >= 11 is 6.06. The normalized spacial score (nSPS) is 16.3. The van der Waals surface area contributed by atoms with E-state index in [4.69, 9.17) is 26.1 Å². The maximum Gasteiger partial charge on any atom is 0.243 e. The Morgan fingerprint density at radius 3 is 2.63 bits per heavy atom. The van der Waals surface area contributed by atoms with E-state index in [9.17, 15) is 8.42 Å². The Bertz CT molecular complexity index is 1410. The van der Waals surface area contributed by atoms with Gasteiger partial charge in [0.15, 0.2) is 5.75 Å². The molecule has 0 bridgehead atoms. The number of hydrogen-bond acceptors (Lipinski definition) is 6. The number of aryl methyl sites for hydroxylation is 1. The molecule has 0 radical (unpaired) electrons. The molecule has 0 aromatic heterocycles. The SMILES string of the molecule is COc1ccc2c(c1)Oc1cc(C)ccc1N=C2N1CCCN(S(=O)(=O)c2cccc(Cl)c2)CC1. The van der Waals surface area contributed by atoms with Crippen molar-refractivity contribution in [1.82, 2.24) is 9.21 Å². The van der Waals surface area contributed by atoms with E-state index in [1.165, 1.54) is 10.4 Å². The molecule has 35 heavy (non-hydrogen) atoms. The average Bonchev–Trinajstić information content (AvgIpc) is 3.18. The highest BCUT2D eigenvalue weighted by molar-refractivity contribution is 7.89. The van der Waals surface area contributed by atoms with Crippen LogP contribution in [0.4, 0.5) is 5.69 Å². The smallest absolute Gasteiger partial charge is 0.243 e. The Morgan fingerprint density at radius 1 is 0.971 bits per heavy atom. The zero-order valence-corrected chi connectivity index (χ0v) is 21.1. The van der Waals surface area contributed by atoms with Crippen molar-refractivity contribution in [3.05, 3.63) is 76.8 Å². The van der Waals surface area contributed by atoms with Crippen molar-refractivity contribution in [3.63, 3.8) is 0 Å². The number of nitrogens with zero attached hydrogens (tertiary/aromatic N) is 3. The molecule has 0 saturated carbocycles. The van der Waals surface area contributed by atoms with Crippen LogP contribution in [0, 0.1) is 6.92 Å². The number of halogens is 1. The summed E-state index contributed by atoms with van der Waals surface area (Å²) in [6.45, 7) is 3.91. The van der Waals surface area contributed by atoms with Gasteiger partial charge in [-0.3, -0.25) is 0 Å². The van der Waals surface area contributed by atoms with Gasteiger partial charge in [-0.25, -0.2) is 13.4 Å². The first-order valence-corrected chi connectivity index (χ1v) is 13.2. The van der Waals surface area contributed by atoms with Gasteiger partial charge in [0.05, 0.1) is 17.6 Å². The number of fused-ring (bicyclic) bond motifs is 2. The number of aliphatic imine (C=N–C) groups is 1. The minimum Gasteiger partial charge on any atom is -0.497 e. The van der Waals surface area contributed by atoms with Crippen molar-refractivity contribution in [2.75, 3.05) is 33.3 Å². The summed E-state index contributed by atoms with van der Waals surface area (Å²) in [5.41, 5.74) is 2.64. The number of hydrogen-bond donors (Lipinski definition) is 0. The van der Waals surface area contributed by atoms with Crippen molar-refractivity contribution in [3.8, 4) is 17.2 Å². The van der Waals surface area contributed by atoms with Crippen LogP contribution in [-0.4, -0.2) is 56.7 Å². The molecule has 3 aromatic carbocycles. The van der Waals surface area contributed by atoms with Gasteiger partial charge in [-0.1, -0.05) is 23.7 Å². The highest BCUT2D eigenvalue weighted by Crippen LogP contribution is 2.40. The lowest BCUT2D eigenvalue weighted by atomic mass is 10.1. The average molecular weight is 512 g/mol. The van der Waals surface area contributed by atoms with Crippen LogP contribution in [0.1, 0.15) is 17.5 Å². The number of rotatable bonds is 3. The third-order valence-corrected chi connectivity index (χ3v) is 8.31. The van der Waals surface area contributed by atoms with E-state index < -0.39 is 10.0 Å². The Balaban J connectivity index is 1.49. The van der Waals surface area contributed by atoms with Crippen molar-refractivity contribution in [2.24, 2.45) is 4.99 Å². The van der Waals surface area contributed by atoms with Crippen molar-refractivity contribution in [1.29, 1.82) is 0 Å². The molecule has 3 aromatic rings. The molecule has 1 fully saturated rings. The summed E-state index contributed by atoms with van der Waals surface area (Å²) in [5.74, 6) is 2.77. The number of methoxy groups -OCH3 is 1. The number of ether oxygens (including phenoxy) is 2. The summed E-state index contributed by atoms with van der Waals surface area (Å²) in [6, 6.07) is 18.0. The predicted octanol–water partition coefficient (Wildman–Crippen LogP) is 5.24. The first-order chi connectivity index (χ1) is 16.8. The summed E-state index contributed by atoms with van der Waals surface area (Å²) < 4.78 is 39.8. The van der Waals surface area contributed by atoms with Gasteiger partial charge in [-0.15, -0.1) is 0 Å². The molecule has 0 N–H and O–H groups in total. The van der Waals surface area contributed by atoms with E-state index in [0.29, 0.717) is 54.9 Å². The van der Waals surface area contributed by atoms with Crippen LogP contribution in [-0.2, 0) is 10.0 Å². The fourth-order valence-electron chi connectivity index (χ4n) is 4.35. The van der Waals surface area contributed by atoms with Crippen molar-refractivity contribution < 1.29 is 17.9 Å². The molecule has 2 heterocycles. The van der Waals surface area contributed by atoms with Crippen molar-refractivity contribution >= 4 is 33.1 Å². The Hall–Kier alpha value is -3.07. The fourth-order valence-corrected chi connectivity index (χ4v) is 6.12. The van der Waals surface area contributed by atoms with Gasteiger partial charge in [-0.2, -0.15) is 4.31 Å². The molecule has 2 aliphatic rings. The van der Waals surface area contributed by atoms with E-state index in [0.717, 1.165) is 22.6 Å². The summed E-state index contributed by atoms with van der Waals surface area (Å²) in [5, 5.41) is 0.399. The second kappa shape index (κ2) is 9.53. The summed E-state index contributed by atoms with van der Waals surface area (Å²) in [7, 11) is -2.03. The van der Waals surface area contributed by atoms with E-state index in [-0.39, 0.29) is 4.90 Å². The van der Waals surface area contributed by atoms with Gasteiger partial charge in [0.2, 0.25) is 10.0 Å². The molecule has 7 nitrogen and oxygen atoms in total. The molecule has 9 heteroatoms. The third-order valence-electron chi connectivity index (χ3n) is 6.18. The monoisotopic (exact) mass is 511 g/mol. The Labute approximate surface area is 210 Å². The second-order valence-corrected chi connectivity index (χ2v) is 10.9. The number of amidine groups is 1. The predicted molar refractivity (Wildman–Crippen MR) is 137 cm³/mol. The van der Waals surface area contributed by atoms with Crippen LogP contribution in [0.2, 0.25) is 5.02 Å². The van der Waals surface area contributed by atoms with Crippen LogP contribution < -0.4 is 9.47 Å². The first-order valence-electron chi connectivity index (χ1n) is 11.4. The molecule has 0 atom stereocenters. The van der Waals surface area contributed by atoms with Crippen molar-refractivity contribution in [2.45, 2.75) is 18.2 Å². The standard InChI is InChI=1S/C26H26ClN3O4S/c1-18-7-10-23-25(15-18)34-24-17-20(33-2)8-9-22(24)26(28-23)29-11-4-12-30(14-13-29)35(31,32)21-6-3-5-19(27)16-21/h3,5-10,15-17H,4,11-14H2,1-2H3. The first kappa shape index (κ1) is 23.7. The highest BCUT2D eigenvalue weighted by atomic mass is 35.5. The Kier molecular flexibility index (Phi) is 6.44. The zero-order valence-electron chi connectivity index (χ0n) is 19.6.